The van der Waals surface area contributed by atoms with E-state index in [-0.39, 0.29) is 5.41 Å². The Morgan fingerprint density at radius 2 is 1.53 bits per heavy atom. The molecule has 0 saturated heterocycles. The zero-order valence-corrected chi connectivity index (χ0v) is 22.1. The smallest absolute Gasteiger partial charge is 0.335 e. The van der Waals surface area contributed by atoms with Crippen LogP contribution in [-0.4, -0.2) is 19.1 Å². The maximum atomic E-state index is 11.3. The fourth-order valence-corrected chi connectivity index (χ4v) is 6.37. The number of rotatable bonds is 5. The first-order valence-corrected chi connectivity index (χ1v) is 15.4. The number of carbonyl (C=O) groups is 1. The third kappa shape index (κ3) is 4.85. The summed E-state index contributed by atoms with van der Waals surface area (Å²) in [5.41, 5.74) is 9.26. The van der Waals surface area contributed by atoms with Gasteiger partial charge < -0.3 is 5.11 Å². The second-order valence-corrected chi connectivity index (χ2v) is 16.1. The van der Waals surface area contributed by atoms with Crippen molar-refractivity contribution < 1.29 is 9.90 Å². The van der Waals surface area contributed by atoms with Crippen LogP contribution in [0.4, 0.5) is 0 Å². The molecule has 0 aliphatic heterocycles. The number of hydrogen-bond donors (Lipinski definition) is 1. The molecule has 0 atom stereocenters. The molecule has 1 aliphatic carbocycles. The number of aromatic carboxylic acids is 1. The van der Waals surface area contributed by atoms with Crippen LogP contribution in [0.3, 0.4) is 0 Å². The van der Waals surface area contributed by atoms with Crippen LogP contribution >= 0.6 is 0 Å². The van der Waals surface area contributed by atoms with Gasteiger partial charge in [-0.1, -0.05) is 105 Å². The minimum Gasteiger partial charge on any atom is -0.478 e. The largest absolute Gasteiger partial charge is 0.478 e. The summed E-state index contributed by atoms with van der Waals surface area (Å²) in [4.78, 5) is 11.3. The zero-order chi connectivity index (χ0) is 24.7. The number of hydrogen-bond acceptors (Lipinski definition) is 1. The average Bonchev–Trinajstić information content (AvgIpc) is 2.77. The highest BCUT2D eigenvalue weighted by molar-refractivity contribution is 6.94. The third-order valence-corrected chi connectivity index (χ3v) is 8.85. The number of carboxylic acid groups (broad SMARTS) is 1. The van der Waals surface area contributed by atoms with E-state index in [0.717, 1.165) is 12.0 Å². The highest BCUT2D eigenvalue weighted by atomic mass is 28.3. The first-order chi connectivity index (χ1) is 16.0. The van der Waals surface area contributed by atoms with Crippen LogP contribution in [0, 0.1) is 6.92 Å². The molecule has 0 fully saturated rings. The predicted molar refractivity (Wildman–Crippen MR) is 147 cm³/mol. The lowest BCUT2D eigenvalue weighted by atomic mass is 9.72. The summed E-state index contributed by atoms with van der Waals surface area (Å²) in [5.74, 6) is -0.891. The van der Waals surface area contributed by atoms with E-state index in [1.807, 2.05) is 12.1 Å². The lowest BCUT2D eigenvalue weighted by molar-refractivity contribution is 0.0697. The summed E-state index contributed by atoms with van der Waals surface area (Å²) >= 11 is 0. The second-order valence-electron chi connectivity index (χ2n) is 11.1. The summed E-state index contributed by atoms with van der Waals surface area (Å²) in [7, 11) is -1.71. The van der Waals surface area contributed by atoms with Gasteiger partial charge >= 0.3 is 5.97 Å². The quantitative estimate of drug-likeness (QED) is 0.304. The van der Waals surface area contributed by atoms with Crippen molar-refractivity contribution in [3.05, 3.63) is 112 Å². The highest BCUT2D eigenvalue weighted by Gasteiger charge is 2.29. The van der Waals surface area contributed by atoms with E-state index in [1.54, 1.807) is 12.1 Å². The molecule has 174 valence electrons. The van der Waals surface area contributed by atoms with Crippen molar-refractivity contribution in [1.82, 2.24) is 0 Å². The first kappa shape index (κ1) is 24.0. The summed E-state index contributed by atoms with van der Waals surface area (Å²) in [6, 6.07) is 23.0. The predicted octanol–water partition coefficient (Wildman–Crippen LogP) is 8.22. The fraction of sp³-hybridized carbons (Fsp3) is 0.258. The maximum absolute atomic E-state index is 11.3. The third-order valence-electron chi connectivity index (χ3n) is 6.80. The molecule has 4 rings (SSSR count). The Morgan fingerprint density at radius 3 is 2.12 bits per heavy atom. The zero-order valence-electron chi connectivity index (χ0n) is 21.1. The van der Waals surface area contributed by atoms with Crippen LogP contribution in [0.1, 0.15) is 64.0 Å². The lowest BCUT2D eigenvalue weighted by Gasteiger charge is -2.33. The lowest BCUT2D eigenvalue weighted by Crippen LogP contribution is -2.23. The number of fused-ring (bicyclic) bond motifs is 1. The number of allylic oxidation sites excluding steroid dienone is 1. The summed E-state index contributed by atoms with van der Waals surface area (Å²) in [6.45, 7) is 13.8. The van der Waals surface area contributed by atoms with Gasteiger partial charge in [0.15, 0.2) is 0 Å². The van der Waals surface area contributed by atoms with Gasteiger partial charge in [0.2, 0.25) is 0 Å². The second kappa shape index (κ2) is 8.88. The molecule has 1 N–H and O–H groups in total. The van der Waals surface area contributed by atoms with Crippen molar-refractivity contribution in [2.45, 2.75) is 52.2 Å². The van der Waals surface area contributed by atoms with Gasteiger partial charge in [0.1, 0.15) is 0 Å². The highest BCUT2D eigenvalue weighted by Crippen LogP contribution is 2.42. The standard InChI is InChI=1S/C31H34O2Si/c1-21-7-10-23(11-8-21)26-17-18-31(2,3)28-16-9-22(19-27(26)28)20-29(34(4,5)6)24-12-14-25(15-13-24)30(32)33/h7-17,19-20H,18H2,1-6H3,(H,32,33). The van der Waals surface area contributed by atoms with Crippen LogP contribution in [0.2, 0.25) is 19.6 Å². The number of carboxylic acids is 1. The average molecular weight is 467 g/mol. The van der Waals surface area contributed by atoms with Crippen LogP contribution in [0.5, 0.6) is 0 Å². The van der Waals surface area contributed by atoms with Crippen molar-refractivity contribution in [2.24, 2.45) is 0 Å². The topological polar surface area (TPSA) is 37.3 Å². The van der Waals surface area contributed by atoms with Crippen molar-refractivity contribution in [2.75, 3.05) is 0 Å². The molecule has 0 bridgehead atoms. The molecule has 2 nitrogen and oxygen atoms in total. The Hall–Kier alpha value is -3.17. The van der Waals surface area contributed by atoms with Gasteiger partial charge in [-0.25, -0.2) is 4.79 Å². The number of benzene rings is 3. The number of aryl methyl sites for hydroxylation is 1. The van der Waals surface area contributed by atoms with Gasteiger partial charge in [-0.3, -0.25) is 0 Å². The molecule has 34 heavy (non-hydrogen) atoms. The molecule has 0 saturated carbocycles. The van der Waals surface area contributed by atoms with Gasteiger partial charge in [-0.2, -0.15) is 0 Å². The summed E-state index contributed by atoms with van der Waals surface area (Å²) < 4.78 is 0. The molecule has 0 unspecified atom stereocenters. The van der Waals surface area contributed by atoms with E-state index in [1.165, 1.54) is 38.6 Å². The Balaban J connectivity index is 1.83. The minimum atomic E-state index is -1.71. The van der Waals surface area contributed by atoms with E-state index in [9.17, 15) is 9.90 Å². The monoisotopic (exact) mass is 466 g/mol. The van der Waals surface area contributed by atoms with Gasteiger partial charge in [0.05, 0.1) is 13.6 Å². The van der Waals surface area contributed by atoms with E-state index in [2.05, 4.69) is 95.0 Å². The Bertz CT molecular complexity index is 1280. The molecule has 0 heterocycles. The van der Waals surface area contributed by atoms with Crippen LogP contribution in [0.15, 0.2) is 72.8 Å². The van der Waals surface area contributed by atoms with Crippen molar-refractivity contribution >= 4 is 30.9 Å². The van der Waals surface area contributed by atoms with E-state index < -0.39 is 14.0 Å². The van der Waals surface area contributed by atoms with Gasteiger partial charge in [-0.05, 0) is 70.3 Å². The van der Waals surface area contributed by atoms with Crippen LogP contribution < -0.4 is 0 Å². The molecule has 0 amide bonds. The Kier molecular flexibility index (Phi) is 6.26. The minimum absolute atomic E-state index is 0.0973. The van der Waals surface area contributed by atoms with Gasteiger partial charge in [0, 0.05) is 0 Å². The van der Waals surface area contributed by atoms with E-state index in [0.29, 0.717) is 5.56 Å². The summed E-state index contributed by atoms with van der Waals surface area (Å²) in [6.07, 6.45) is 5.73. The van der Waals surface area contributed by atoms with Crippen molar-refractivity contribution in [3.63, 3.8) is 0 Å². The van der Waals surface area contributed by atoms with Crippen LogP contribution in [0.25, 0.3) is 16.8 Å². The molecule has 0 spiro atoms. The van der Waals surface area contributed by atoms with E-state index in [4.69, 9.17) is 0 Å². The Morgan fingerprint density at radius 1 is 0.912 bits per heavy atom. The molecule has 3 heteroatoms. The SMILES string of the molecule is Cc1ccc(C2=CCC(C)(C)c3ccc(C=C(c4ccc(C(=O)O)cc4)[Si](C)(C)C)cc32)cc1. The van der Waals surface area contributed by atoms with Crippen molar-refractivity contribution in [1.29, 1.82) is 0 Å². The normalized spacial score (nSPS) is 15.5. The van der Waals surface area contributed by atoms with Crippen molar-refractivity contribution in [3.8, 4) is 0 Å². The molecule has 0 radical (unpaired) electrons. The Labute approximate surface area is 204 Å². The molecular weight excluding hydrogens is 432 g/mol. The van der Waals surface area contributed by atoms with E-state index >= 15 is 0 Å². The molecular formula is C31H34O2Si. The molecule has 0 aromatic heterocycles. The molecule has 1 aliphatic rings. The fourth-order valence-electron chi connectivity index (χ4n) is 4.74. The van der Waals surface area contributed by atoms with Crippen LogP contribution in [-0.2, 0) is 5.41 Å². The van der Waals surface area contributed by atoms with Gasteiger partial charge in [0.25, 0.3) is 0 Å². The molecule has 3 aromatic carbocycles. The maximum Gasteiger partial charge on any atom is 0.335 e. The molecule has 3 aromatic rings. The first-order valence-electron chi connectivity index (χ1n) is 11.9. The summed E-state index contributed by atoms with van der Waals surface area (Å²) in [5, 5.41) is 10.6. The van der Waals surface area contributed by atoms with Gasteiger partial charge in [-0.15, -0.1) is 0 Å².